The SMILES string of the molecule is COc1ccc(S(=O)(=O)CC(=O)Nc2nnc(Cc3ccc(S(C)(=O)=O)cc3)o2)cc1. The van der Waals surface area contributed by atoms with E-state index in [9.17, 15) is 21.6 Å². The highest BCUT2D eigenvalue weighted by atomic mass is 32.2. The topological polar surface area (TPSA) is 146 Å². The highest BCUT2D eigenvalue weighted by molar-refractivity contribution is 7.92. The van der Waals surface area contributed by atoms with Crippen molar-refractivity contribution in [2.75, 3.05) is 24.4 Å². The molecule has 0 unspecified atom stereocenters. The summed E-state index contributed by atoms with van der Waals surface area (Å²) < 4.78 is 58.0. The molecule has 164 valence electrons. The minimum atomic E-state index is -3.87. The van der Waals surface area contributed by atoms with Crippen molar-refractivity contribution in [1.29, 1.82) is 0 Å². The molecule has 3 rings (SSSR count). The van der Waals surface area contributed by atoms with Crippen molar-refractivity contribution >= 4 is 31.6 Å². The molecule has 0 atom stereocenters. The molecule has 10 nitrogen and oxygen atoms in total. The molecule has 0 fully saturated rings. The average Bonchev–Trinajstić information content (AvgIpc) is 3.13. The van der Waals surface area contributed by atoms with Gasteiger partial charge in [-0.25, -0.2) is 16.8 Å². The van der Waals surface area contributed by atoms with Gasteiger partial charge in [0.25, 0.3) is 0 Å². The molecule has 0 aliphatic carbocycles. The molecule has 1 aromatic heterocycles. The monoisotopic (exact) mass is 465 g/mol. The van der Waals surface area contributed by atoms with Gasteiger partial charge in [-0.1, -0.05) is 17.2 Å². The zero-order chi connectivity index (χ0) is 22.6. The maximum atomic E-state index is 12.4. The molecular formula is C19H19N3O7S2. The first-order valence-corrected chi connectivity index (χ1v) is 12.4. The number of carbonyl (C=O) groups is 1. The van der Waals surface area contributed by atoms with Crippen molar-refractivity contribution in [3.63, 3.8) is 0 Å². The molecule has 31 heavy (non-hydrogen) atoms. The lowest BCUT2D eigenvalue weighted by Crippen LogP contribution is -2.23. The van der Waals surface area contributed by atoms with Crippen LogP contribution in [0, 0.1) is 0 Å². The Balaban J connectivity index is 1.61. The predicted octanol–water partition coefficient (Wildman–Crippen LogP) is 1.48. The van der Waals surface area contributed by atoms with Gasteiger partial charge in [0.1, 0.15) is 11.5 Å². The molecule has 0 aliphatic rings. The van der Waals surface area contributed by atoms with E-state index in [2.05, 4.69) is 15.5 Å². The van der Waals surface area contributed by atoms with E-state index in [4.69, 9.17) is 9.15 Å². The molecule has 1 N–H and O–H groups in total. The Bertz CT molecular complexity index is 1280. The van der Waals surface area contributed by atoms with E-state index in [0.717, 1.165) is 11.8 Å². The number of methoxy groups -OCH3 is 1. The molecule has 1 heterocycles. The van der Waals surface area contributed by atoms with Gasteiger partial charge in [0, 0.05) is 6.26 Å². The zero-order valence-corrected chi connectivity index (χ0v) is 18.2. The average molecular weight is 466 g/mol. The van der Waals surface area contributed by atoms with Crippen LogP contribution in [0.3, 0.4) is 0 Å². The molecule has 0 aliphatic heterocycles. The summed E-state index contributed by atoms with van der Waals surface area (Å²) in [7, 11) is -5.71. The third-order valence-electron chi connectivity index (χ3n) is 4.16. The molecular weight excluding hydrogens is 446 g/mol. The Morgan fingerprint density at radius 2 is 1.58 bits per heavy atom. The third-order valence-corrected chi connectivity index (χ3v) is 6.92. The fourth-order valence-electron chi connectivity index (χ4n) is 2.60. The second-order valence-electron chi connectivity index (χ2n) is 6.58. The van der Waals surface area contributed by atoms with Crippen LogP contribution in [-0.2, 0) is 30.9 Å². The van der Waals surface area contributed by atoms with E-state index in [1.54, 1.807) is 12.1 Å². The number of amides is 1. The van der Waals surface area contributed by atoms with Crippen LogP contribution in [0.25, 0.3) is 0 Å². The number of hydrogen-bond acceptors (Lipinski definition) is 9. The van der Waals surface area contributed by atoms with Gasteiger partial charge in [-0.05, 0) is 42.0 Å². The van der Waals surface area contributed by atoms with Crippen LogP contribution in [0.5, 0.6) is 5.75 Å². The lowest BCUT2D eigenvalue weighted by molar-refractivity contribution is -0.114. The normalized spacial score (nSPS) is 11.8. The molecule has 12 heteroatoms. The minimum Gasteiger partial charge on any atom is -0.497 e. The summed E-state index contributed by atoms with van der Waals surface area (Å²) in [5, 5.41) is 9.74. The molecule has 3 aromatic rings. The van der Waals surface area contributed by atoms with Crippen LogP contribution in [0.1, 0.15) is 11.5 Å². The van der Waals surface area contributed by atoms with Gasteiger partial charge in [0.15, 0.2) is 19.7 Å². The van der Waals surface area contributed by atoms with E-state index in [-0.39, 0.29) is 28.1 Å². The predicted molar refractivity (Wildman–Crippen MR) is 110 cm³/mol. The van der Waals surface area contributed by atoms with Crippen molar-refractivity contribution < 1.29 is 30.8 Å². The van der Waals surface area contributed by atoms with Gasteiger partial charge in [0.2, 0.25) is 11.8 Å². The Hall–Kier alpha value is -3.25. The van der Waals surface area contributed by atoms with Gasteiger partial charge >= 0.3 is 6.01 Å². The lowest BCUT2D eigenvalue weighted by Gasteiger charge is -2.05. The fourth-order valence-corrected chi connectivity index (χ4v) is 4.36. The molecule has 0 spiro atoms. The molecule has 0 radical (unpaired) electrons. The second kappa shape index (κ2) is 8.86. The first-order valence-electron chi connectivity index (χ1n) is 8.85. The van der Waals surface area contributed by atoms with E-state index >= 15 is 0 Å². The summed E-state index contributed by atoms with van der Waals surface area (Å²) in [6, 6.07) is 11.6. The number of benzene rings is 2. The first kappa shape index (κ1) is 22.4. The number of hydrogen-bond donors (Lipinski definition) is 1. The van der Waals surface area contributed by atoms with Crippen LogP contribution < -0.4 is 10.1 Å². The highest BCUT2D eigenvalue weighted by Crippen LogP contribution is 2.18. The summed E-state index contributed by atoms with van der Waals surface area (Å²) in [5.41, 5.74) is 0.719. The molecule has 0 saturated heterocycles. The summed E-state index contributed by atoms with van der Waals surface area (Å²) in [5.74, 6) is -0.971. The Labute approximate surface area is 179 Å². The highest BCUT2D eigenvalue weighted by Gasteiger charge is 2.21. The number of aromatic nitrogens is 2. The number of ether oxygens (including phenoxy) is 1. The van der Waals surface area contributed by atoms with E-state index < -0.39 is 31.3 Å². The van der Waals surface area contributed by atoms with Crippen LogP contribution in [0.15, 0.2) is 62.7 Å². The second-order valence-corrected chi connectivity index (χ2v) is 10.6. The molecule has 1 amide bonds. The number of nitrogens with zero attached hydrogens (tertiary/aromatic N) is 2. The fraction of sp³-hybridized carbons (Fsp3) is 0.211. The molecule has 0 bridgehead atoms. The van der Waals surface area contributed by atoms with Crippen LogP contribution in [0.2, 0.25) is 0 Å². The van der Waals surface area contributed by atoms with E-state index in [1.165, 1.54) is 43.5 Å². The van der Waals surface area contributed by atoms with Crippen LogP contribution in [0.4, 0.5) is 6.01 Å². The van der Waals surface area contributed by atoms with Gasteiger partial charge in [0.05, 0.1) is 23.3 Å². The summed E-state index contributed by atoms with van der Waals surface area (Å²) in [6.45, 7) is 0. The van der Waals surface area contributed by atoms with Gasteiger partial charge in [-0.15, -0.1) is 5.10 Å². The van der Waals surface area contributed by atoms with Crippen molar-refractivity contribution in [1.82, 2.24) is 10.2 Å². The number of rotatable bonds is 8. The first-order chi connectivity index (χ1) is 14.6. The van der Waals surface area contributed by atoms with Gasteiger partial charge in [-0.3, -0.25) is 10.1 Å². The smallest absolute Gasteiger partial charge is 0.322 e. The number of nitrogens with one attached hydrogen (secondary N) is 1. The lowest BCUT2D eigenvalue weighted by atomic mass is 10.1. The van der Waals surface area contributed by atoms with Gasteiger partial charge in [-0.2, -0.15) is 0 Å². The van der Waals surface area contributed by atoms with Gasteiger partial charge < -0.3 is 9.15 Å². The van der Waals surface area contributed by atoms with Crippen molar-refractivity contribution in [3.05, 3.63) is 60.0 Å². The Morgan fingerprint density at radius 1 is 0.968 bits per heavy atom. The maximum Gasteiger partial charge on any atom is 0.322 e. The quantitative estimate of drug-likeness (QED) is 0.523. The number of carbonyl (C=O) groups excluding carboxylic acids is 1. The summed E-state index contributed by atoms with van der Waals surface area (Å²) >= 11 is 0. The number of sulfone groups is 2. The summed E-state index contributed by atoms with van der Waals surface area (Å²) in [4.78, 5) is 12.3. The molecule has 2 aromatic carbocycles. The minimum absolute atomic E-state index is 0.0211. The maximum absolute atomic E-state index is 12.4. The molecule has 0 saturated carbocycles. The van der Waals surface area contributed by atoms with Crippen molar-refractivity contribution in [2.24, 2.45) is 0 Å². The van der Waals surface area contributed by atoms with Crippen LogP contribution >= 0.6 is 0 Å². The van der Waals surface area contributed by atoms with E-state index in [1.807, 2.05) is 0 Å². The Kier molecular flexibility index (Phi) is 6.41. The number of anilines is 1. The van der Waals surface area contributed by atoms with Crippen molar-refractivity contribution in [3.8, 4) is 5.75 Å². The Morgan fingerprint density at radius 3 is 2.16 bits per heavy atom. The third kappa shape index (κ3) is 5.89. The largest absolute Gasteiger partial charge is 0.497 e. The van der Waals surface area contributed by atoms with Crippen molar-refractivity contribution in [2.45, 2.75) is 16.2 Å². The van der Waals surface area contributed by atoms with E-state index in [0.29, 0.717) is 5.75 Å². The zero-order valence-electron chi connectivity index (χ0n) is 16.6. The standard InChI is InChI=1S/C19H19N3O7S2/c1-28-14-5-9-16(10-6-14)31(26,27)12-17(23)20-19-22-21-18(29-19)11-13-3-7-15(8-4-13)30(2,24)25/h3-10H,11-12H2,1-2H3,(H,20,22,23). The van der Waals surface area contributed by atoms with Crippen LogP contribution in [-0.4, -0.2) is 52.1 Å². The summed E-state index contributed by atoms with van der Waals surface area (Å²) in [6.07, 6.45) is 1.32.